The number of benzene rings is 2. The van der Waals surface area contributed by atoms with Crippen LogP contribution in [-0.2, 0) is 0 Å². The molecule has 4 rings (SSSR count). The average Bonchev–Trinajstić information content (AvgIpc) is 3.06. The lowest BCUT2D eigenvalue weighted by Crippen LogP contribution is -2.29. The van der Waals surface area contributed by atoms with Crippen LogP contribution in [0.4, 0.5) is 0 Å². The molecule has 0 fully saturated rings. The highest BCUT2D eigenvalue weighted by Gasteiger charge is 2.42. The van der Waals surface area contributed by atoms with Crippen LogP contribution in [-0.4, -0.2) is 31.1 Å². The molecule has 30 heavy (non-hydrogen) atoms. The molecule has 2 aromatic carbocycles. The van der Waals surface area contributed by atoms with Crippen molar-refractivity contribution >= 4 is 16.9 Å². The van der Waals surface area contributed by atoms with Gasteiger partial charge in [-0.25, -0.2) is 0 Å². The second kappa shape index (κ2) is 8.22. The first kappa shape index (κ1) is 20.0. The minimum atomic E-state index is -0.531. The van der Waals surface area contributed by atoms with Crippen LogP contribution < -0.4 is 14.9 Å². The van der Waals surface area contributed by atoms with Gasteiger partial charge in [0.2, 0.25) is 5.76 Å². The number of nitrogens with zero attached hydrogens (tertiary/aromatic N) is 1. The van der Waals surface area contributed by atoms with Crippen LogP contribution in [0.15, 0.2) is 51.7 Å². The standard InChI is InChI=1S/C24H25NO5/c1-4-6-13-29-18-12-11-15(14-19(18)28-3)21-20-22(26)16-9-7-8-10-17(16)30-23(20)24(27)25(21)5-2/h7-12,14,21H,4-6,13H2,1-3H3/t21-/m1/s1. The topological polar surface area (TPSA) is 69.0 Å². The van der Waals surface area contributed by atoms with E-state index in [0.717, 1.165) is 18.4 Å². The number of hydrogen-bond donors (Lipinski definition) is 0. The Balaban J connectivity index is 1.84. The van der Waals surface area contributed by atoms with Gasteiger partial charge < -0.3 is 18.8 Å². The molecule has 156 valence electrons. The number of unbranched alkanes of at least 4 members (excludes halogenated alkanes) is 1. The summed E-state index contributed by atoms with van der Waals surface area (Å²) in [5.41, 5.74) is 1.40. The summed E-state index contributed by atoms with van der Waals surface area (Å²) in [5.74, 6) is 1.06. The van der Waals surface area contributed by atoms with Crippen LogP contribution in [0.2, 0.25) is 0 Å². The highest BCUT2D eigenvalue weighted by molar-refractivity contribution is 5.99. The molecule has 2 heterocycles. The van der Waals surface area contributed by atoms with Crippen LogP contribution in [0.5, 0.6) is 11.5 Å². The van der Waals surface area contributed by atoms with Crippen LogP contribution >= 0.6 is 0 Å². The predicted molar refractivity (Wildman–Crippen MR) is 114 cm³/mol. The van der Waals surface area contributed by atoms with Gasteiger partial charge in [-0.2, -0.15) is 0 Å². The van der Waals surface area contributed by atoms with E-state index in [0.29, 0.717) is 41.2 Å². The number of amides is 1. The molecular formula is C24H25NO5. The highest BCUT2D eigenvalue weighted by Crippen LogP contribution is 2.40. The Hall–Kier alpha value is -3.28. The molecule has 1 aliphatic heterocycles. The summed E-state index contributed by atoms with van der Waals surface area (Å²) in [5, 5.41) is 0.471. The normalized spacial score (nSPS) is 15.5. The number of fused-ring (bicyclic) bond motifs is 2. The van der Waals surface area contributed by atoms with Gasteiger partial charge in [-0.1, -0.05) is 31.5 Å². The molecule has 0 N–H and O–H groups in total. The Morgan fingerprint density at radius 3 is 2.60 bits per heavy atom. The van der Waals surface area contributed by atoms with E-state index in [1.165, 1.54) is 0 Å². The fraction of sp³-hybridized carbons (Fsp3) is 0.333. The van der Waals surface area contributed by atoms with E-state index in [4.69, 9.17) is 13.9 Å². The molecule has 1 aromatic heterocycles. The fourth-order valence-electron chi connectivity index (χ4n) is 3.94. The Morgan fingerprint density at radius 2 is 1.87 bits per heavy atom. The number of hydrogen-bond acceptors (Lipinski definition) is 5. The summed E-state index contributed by atoms with van der Waals surface area (Å²) in [6.07, 6.45) is 1.99. The van der Waals surface area contributed by atoms with E-state index in [2.05, 4.69) is 6.92 Å². The maximum Gasteiger partial charge on any atom is 0.290 e. The first-order valence-electron chi connectivity index (χ1n) is 10.3. The number of rotatable bonds is 7. The minimum Gasteiger partial charge on any atom is -0.493 e. The lowest BCUT2D eigenvalue weighted by Gasteiger charge is -2.24. The van der Waals surface area contributed by atoms with E-state index in [1.54, 1.807) is 36.3 Å². The van der Waals surface area contributed by atoms with Gasteiger partial charge in [0.05, 0.1) is 30.7 Å². The summed E-state index contributed by atoms with van der Waals surface area (Å²) >= 11 is 0. The molecule has 0 unspecified atom stereocenters. The summed E-state index contributed by atoms with van der Waals surface area (Å²) in [6.45, 7) is 5.04. The van der Waals surface area contributed by atoms with E-state index in [1.807, 2.05) is 25.1 Å². The molecule has 6 nitrogen and oxygen atoms in total. The molecule has 0 bridgehead atoms. The molecule has 0 saturated carbocycles. The fourth-order valence-corrected chi connectivity index (χ4v) is 3.94. The largest absolute Gasteiger partial charge is 0.493 e. The summed E-state index contributed by atoms with van der Waals surface area (Å²) < 4.78 is 17.2. The number of ether oxygens (including phenoxy) is 2. The SMILES string of the molecule is CCCCOc1ccc([C@@H]2c3c(oc4ccccc4c3=O)C(=O)N2CC)cc1OC. The van der Waals surface area contributed by atoms with Gasteiger partial charge >= 0.3 is 0 Å². The molecule has 1 atom stereocenters. The zero-order valence-electron chi connectivity index (χ0n) is 17.4. The first-order chi connectivity index (χ1) is 14.6. The van der Waals surface area contributed by atoms with Crippen LogP contribution in [0.1, 0.15) is 54.4 Å². The summed E-state index contributed by atoms with van der Waals surface area (Å²) in [4.78, 5) is 28.0. The van der Waals surface area contributed by atoms with Gasteiger partial charge in [-0.05, 0) is 43.2 Å². The third-order valence-corrected chi connectivity index (χ3v) is 5.47. The van der Waals surface area contributed by atoms with Crippen LogP contribution in [0.25, 0.3) is 11.0 Å². The molecule has 3 aromatic rings. The van der Waals surface area contributed by atoms with Gasteiger partial charge in [0, 0.05) is 6.54 Å². The Morgan fingerprint density at radius 1 is 1.07 bits per heavy atom. The van der Waals surface area contributed by atoms with Crippen molar-refractivity contribution in [3.05, 3.63) is 69.6 Å². The molecule has 6 heteroatoms. The monoisotopic (exact) mass is 407 g/mol. The second-order valence-electron chi connectivity index (χ2n) is 7.28. The number of carbonyl (C=O) groups excluding carboxylic acids is 1. The zero-order chi connectivity index (χ0) is 21.3. The van der Waals surface area contributed by atoms with Crippen molar-refractivity contribution in [1.29, 1.82) is 0 Å². The van der Waals surface area contributed by atoms with E-state index >= 15 is 0 Å². The first-order valence-corrected chi connectivity index (χ1v) is 10.3. The minimum absolute atomic E-state index is 0.118. The molecule has 0 radical (unpaired) electrons. The number of para-hydroxylation sites is 1. The van der Waals surface area contributed by atoms with Gasteiger partial charge in [0.25, 0.3) is 5.91 Å². The van der Waals surface area contributed by atoms with E-state index in [-0.39, 0.29) is 17.1 Å². The molecule has 0 aliphatic carbocycles. The number of methoxy groups -OCH3 is 1. The molecule has 0 spiro atoms. The van der Waals surface area contributed by atoms with Gasteiger partial charge in [-0.3, -0.25) is 9.59 Å². The molecule has 1 aliphatic rings. The summed E-state index contributed by atoms with van der Waals surface area (Å²) in [6, 6.07) is 12.0. The van der Waals surface area contributed by atoms with Crippen molar-refractivity contribution in [1.82, 2.24) is 4.90 Å². The van der Waals surface area contributed by atoms with Crippen molar-refractivity contribution in [2.75, 3.05) is 20.3 Å². The quantitative estimate of drug-likeness (QED) is 0.538. The third kappa shape index (κ3) is 3.22. The Labute approximate surface area is 175 Å². The lowest BCUT2D eigenvalue weighted by molar-refractivity contribution is 0.0737. The van der Waals surface area contributed by atoms with E-state index < -0.39 is 6.04 Å². The average molecular weight is 407 g/mol. The summed E-state index contributed by atoms with van der Waals surface area (Å²) in [7, 11) is 1.58. The molecule has 1 amide bonds. The second-order valence-corrected chi connectivity index (χ2v) is 7.28. The van der Waals surface area contributed by atoms with Gasteiger partial charge in [0.15, 0.2) is 16.9 Å². The van der Waals surface area contributed by atoms with Crippen molar-refractivity contribution < 1.29 is 18.7 Å². The maximum atomic E-state index is 13.3. The third-order valence-electron chi connectivity index (χ3n) is 5.47. The van der Waals surface area contributed by atoms with Crippen LogP contribution in [0.3, 0.4) is 0 Å². The highest BCUT2D eigenvalue weighted by atomic mass is 16.5. The predicted octanol–water partition coefficient (Wildman–Crippen LogP) is 4.55. The van der Waals surface area contributed by atoms with Crippen molar-refractivity contribution in [3.63, 3.8) is 0 Å². The lowest BCUT2D eigenvalue weighted by atomic mass is 9.98. The molecular weight excluding hydrogens is 382 g/mol. The zero-order valence-corrected chi connectivity index (χ0v) is 17.4. The van der Waals surface area contributed by atoms with Crippen molar-refractivity contribution in [2.24, 2.45) is 0 Å². The van der Waals surface area contributed by atoms with Crippen molar-refractivity contribution in [3.8, 4) is 11.5 Å². The number of carbonyl (C=O) groups is 1. The Bertz CT molecular complexity index is 1150. The maximum absolute atomic E-state index is 13.3. The smallest absolute Gasteiger partial charge is 0.290 e. The Kier molecular flexibility index (Phi) is 5.48. The van der Waals surface area contributed by atoms with Crippen LogP contribution in [0, 0.1) is 0 Å². The van der Waals surface area contributed by atoms with Gasteiger partial charge in [0.1, 0.15) is 5.58 Å². The van der Waals surface area contributed by atoms with Gasteiger partial charge in [-0.15, -0.1) is 0 Å². The van der Waals surface area contributed by atoms with E-state index in [9.17, 15) is 9.59 Å². The van der Waals surface area contributed by atoms with Crippen molar-refractivity contribution in [2.45, 2.75) is 32.7 Å². The molecule has 0 saturated heterocycles.